The predicted molar refractivity (Wildman–Crippen MR) is 99.2 cm³/mol. The van der Waals surface area contributed by atoms with Gasteiger partial charge in [-0.05, 0) is 54.3 Å². The van der Waals surface area contributed by atoms with E-state index < -0.39 is 0 Å². The van der Waals surface area contributed by atoms with Crippen molar-refractivity contribution in [2.45, 2.75) is 19.9 Å². The second-order valence-electron chi connectivity index (χ2n) is 6.59. The summed E-state index contributed by atoms with van der Waals surface area (Å²) in [5, 5.41) is 6.28. The molecule has 1 saturated heterocycles. The lowest BCUT2D eigenvalue weighted by atomic mass is 10.1. The molecule has 0 aromatic heterocycles. The Balaban J connectivity index is 1.42. The van der Waals surface area contributed by atoms with Gasteiger partial charge in [-0.1, -0.05) is 12.1 Å². The number of anilines is 2. The van der Waals surface area contributed by atoms with Crippen LogP contribution in [-0.4, -0.2) is 25.5 Å². The fraction of sp³-hybridized carbons (Fsp3) is 0.350. The molecule has 0 bridgehead atoms. The van der Waals surface area contributed by atoms with Crippen molar-refractivity contribution in [3.05, 3.63) is 59.9 Å². The summed E-state index contributed by atoms with van der Waals surface area (Å²) in [5.74, 6) is 0.354. The highest BCUT2D eigenvalue weighted by atomic mass is 19.1. The second kappa shape index (κ2) is 8.12. The molecule has 132 valence electrons. The molecule has 1 unspecified atom stereocenters. The van der Waals surface area contributed by atoms with Crippen LogP contribution >= 0.6 is 0 Å². The van der Waals surface area contributed by atoms with E-state index in [9.17, 15) is 9.18 Å². The molecule has 2 N–H and O–H groups in total. The molecule has 25 heavy (non-hydrogen) atoms. The van der Waals surface area contributed by atoms with Crippen LogP contribution in [0.4, 0.5) is 15.8 Å². The van der Waals surface area contributed by atoms with Gasteiger partial charge in [0.05, 0.1) is 0 Å². The van der Waals surface area contributed by atoms with Crippen LogP contribution in [0.5, 0.6) is 0 Å². The third-order valence-electron chi connectivity index (χ3n) is 4.51. The summed E-state index contributed by atoms with van der Waals surface area (Å²) in [5.41, 5.74) is 3.11. The maximum absolute atomic E-state index is 13.0. The lowest BCUT2D eigenvalue weighted by Crippen LogP contribution is -2.26. The minimum atomic E-state index is -0.189. The topological polar surface area (TPSA) is 44.4 Å². The van der Waals surface area contributed by atoms with Crippen molar-refractivity contribution in [2.75, 3.05) is 29.9 Å². The number of carbonyl (C=O) groups excluding carboxylic acids is 1. The summed E-state index contributed by atoms with van der Waals surface area (Å²) in [6.45, 7) is 5.30. The Kier molecular flexibility index (Phi) is 5.66. The van der Waals surface area contributed by atoms with Crippen LogP contribution in [0.1, 0.15) is 18.9 Å². The molecule has 1 heterocycles. The summed E-state index contributed by atoms with van der Waals surface area (Å²) in [4.78, 5) is 13.3. The molecule has 1 fully saturated rings. The Morgan fingerprint density at radius 2 is 1.88 bits per heavy atom. The van der Waals surface area contributed by atoms with Crippen molar-refractivity contribution in [1.82, 2.24) is 5.32 Å². The van der Waals surface area contributed by atoms with Gasteiger partial charge >= 0.3 is 0 Å². The number of hydrogen-bond acceptors (Lipinski definition) is 3. The van der Waals surface area contributed by atoms with E-state index in [0.717, 1.165) is 44.0 Å². The van der Waals surface area contributed by atoms with Gasteiger partial charge in [-0.15, -0.1) is 0 Å². The molecule has 0 radical (unpaired) electrons. The van der Waals surface area contributed by atoms with Crippen molar-refractivity contribution in [2.24, 2.45) is 5.92 Å². The molecule has 2 aromatic rings. The molecule has 0 spiro atoms. The van der Waals surface area contributed by atoms with E-state index in [1.165, 1.54) is 24.6 Å². The standard InChI is InChI=1S/C20H24FN3O/c1-15(25)23-19-6-2-16(3-7-19)12-22-13-17-10-11-24(14-17)20-8-4-18(21)5-9-20/h2-9,17,22H,10-14H2,1H3,(H,23,25). The van der Waals surface area contributed by atoms with E-state index >= 15 is 0 Å². The van der Waals surface area contributed by atoms with E-state index in [4.69, 9.17) is 0 Å². The normalized spacial score (nSPS) is 16.9. The van der Waals surface area contributed by atoms with Crippen LogP contribution in [-0.2, 0) is 11.3 Å². The first kappa shape index (κ1) is 17.4. The number of rotatable bonds is 6. The zero-order chi connectivity index (χ0) is 17.6. The summed E-state index contributed by atoms with van der Waals surface area (Å²) >= 11 is 0. The number of benzene rings is 2. The maximum atomic E-state index is 13.0. The monoisotopic (exact) mass is 341 g/mol. The summed E-state index contributed by atoms with van der Waals surface area (Å²) < 4.78 is 13.0. The highest BCUT2D eigenvalue weighted by Gasteiger charge is 2.22. The third kappa shape index (κ3) is 5.03. The maximum Gasteiger partial charge on any atom is 0.221 e. The molecular formula is C20H24FN3O. The molecule has 1 amide bonds. The van der Waals surface area contributed by atoms with Crippen molar-refractivity contribution in [3.63, 3.8) is 0 Å². The van der Waals surface area contributed by atoms with Crippen molar-refractivity contribution in [1.29, 1.82) is 0 Å². The van der Waals surface area contributed by atoms with E-state index in [2.05, 4.69) is 15.5 Å². The van der Waals surface area contributed by atoms with Gasteiger partial charge in [0.2, 0.25) is 5.91 Å². The number of carbonyl (C=O) groups is 1. The number of nitrogens with one attached hydrogen (secondary N) is 2. The fourth-order valence-electron chi connectivity index (χ4n) is 3.22. The highest BCUT2D eigenvalue weighted by molar-refractivity contribution is 5.88. The zero-order valence-electron chi connectivity index (χ0n) is 14.5. The van der Waals surface area contributed by atoms with Gasteiger partial charge in [0.1, 0.15) is 5.82 Å². The minimum absolute atomic E-state index is 0.0576. The smallest absolute Gasteiger partial charge is 0.221 e. The van der Waals surface area contributed by atoms with Crippen molar-refractivity contribution < 1.29 is 9.18 Å². The first-order valence-electron chi connectivity index (χ1n) is 8.68. The minimum Gasteiger partial charge on any atom is -0.371 e. The number of hydrogen-bond donors (Lipinski definition) is 2. The average molecular weight is 341 g/mol. The molecule has 1 atom stereocenters. The first-order valence-corrected chi connectivity index (χ1v) is 8.68. The first-order chi connectivity index (χ1) is 12.1. The van der Waals surface area contributed by atoms with E-state index in [1.807, 2.05) is 36.4 Å². The third-order valence-corrected chi connectivity index (χ3v) is 4.51. The fourth-order valence-corrected chi connectivity index (χ4v) is 3.22. The van der Waals surface area contributed by atoms with Gasteiger partial charge in [0.25, 0.3) is 0 Å². The van der Waals surface area contributed by atoms with Gasteiger partial charge in [-0.25, -0.2) is 4.39 Å². The Labute approximate surface area is 148 Å². The van der Waals surface area contributed by atoms with Crippen LogP contribution < -0.4 is 15.5 Å². The van der Waals surface area contributed by atoms with Gasteiger partial charge in [0, 0.05) is 44.5 Å². The Morgan fingerprint density at radius 3 is 2.56 bits per heavy atom. The lowest BCUT2D eigenvalue weighted by molar-refractivity contribution is -0.114. The average Bonchev–Trinajstić information content (AvgIpc) is 3.05. The number of halogens is 1. The van der Waals surface area contributed by atoms with E-state index in [1.54, 1.807) is 0 Å². The van der Waals surface area contributed by atoms with Crippen molar-refractivity contribution in [3.8, 4) is 0 Å². The predicted octanol–water partition coefficient (Wildman–Crippen LogP) is 3.40. The Bertz CT molecular complexity index is 700. The summed E-state index contributed by atoms with van der Waals surface area (Å²) in [6.07, 6.45) is 1.14. The molecule has 1 aliphatic rings. The highest BCUT2D eigenvalue weighted by Crippen LogP contribution is 2.23. The lowest BCUT2D eigenvalue weighted by Gasteiger charge is -2.19. The summed E-state index contributed by atoms with van der Waals surface area (Å²) in [7, 11) is 0. The Hall–Kier alpha value is -2.40. The number of amides is 1. The van der Waals surface area contributed by atoms with Crippen LogP contribution in [0.25, 0.3) is 0 Å². The van der Waals surface area contributed by atoms with Crippen LogP contribution in [0.15, 0.2) is 48.5 Å². The van der Waals surface area contributed by atoms with Gasteiger partial charge in [0.15, 0.2) is 0 Å². The number of nitrogens with zero attached hydrogens (tertiary/aromatic N) is 1. The molecular weight excluding hydrogens is 317 g/mol. The largest absolute Gasteiger partial charge is 0.371 e. The molecule has 5 heteroatoms. The molecule has 0 aliphatic carbocycles. The van der Waals surface area contributed by atoms with E-state index in [-0.39, 0.29) is 11.7 Å². The van der Waals surface area contributed by atoms with Crippen molar-refractivity contribution >= 4 is 17.3 Å². The van der Waals surface area contributed by atoms with Gasteiger partial charge in [-0.2, -0.15) is 0 Å². The van der Waals surface area contributed by atoms with Crippen LogP contribution in [0.2, 0.25) is 0 Å². The molecule has 4 nitrogen and oxygen atoms in total. The SMILES string of the molecule is CC(=O)Nc1ccc(CNCC2CCN(c3ccc(F)cc3)C2)cc1. The second-order valence-corrected chi connectivity index (χ2v) is 6.59. The van der Waals surface area contributed by atoms with Crippen LogP contribution in [0.3, 0.4) is 0 Å². The van der Waals surface area contributed by atoms with Gasteiger partial charge < -0.3 is 15.5 Å². The van der Waals surface area contributed by atoms with Crippen LogP contribution in [0, 0.1) is 11.7 Å². The molecule has 0 saturated carbocycles. The molecule has 2 aromatic carbocycles. The van der Waals surface area contributed by atoms with E-state index in [0.29, 0.717) is 5.92 Å². The van der Waals surface area contributed by atoms with Gasteiger partial charge in [-0.3, -0.25) is 4.79 Å². The molecule has 1 aliphatic heterocycles. The zero-order valence-corrected chi connectivity index (χ0v) is 14.5. The Morgan fingerprint density at radius 1 is 1.16 bits per heavy atom. The quantitative estimate of drug-likeness (QED) is 0.846. The summed E-state index contributed by atoms with van der Waals surface area (Å²) in [6, 6.07) is 14.6. The molecule has 3 rings (SSSR count).